The van der Waals surface area contributed by atoms with Crippen molar-refractivity contribution >= 4 is 17.3 Å². The van der Waals surface area contributed by atoms with E-state index in [0.29, 0.717) is 6.10 Å². The highest BCUT2D eigenvalue weighted by molar-refractivity contribution is 6.30. The Morgan fingerprint density at radius 1 is 1.36 bits per heavy atom. The molecular formula is C11H14ClNO. The molecule has 1 N–H and O–H groups in total. The number of hydrogen-bond donors (Lipinski definition) is 1. The fraction of sp³-hybridized carbons (Fsp3) is 0.455. The van der Waals surface area contributed by atoms with Crippen LogP contribution in [0.5, 0.6) is 0 Å². The Bertz CT molecular complexity index is 280. The van der Waals surface area contributed by atoms with Crippen molar-refractivity contribution < 1.29 is 4.74 Å². The molecule has 0 radical (unpaired) electrons. The molecule has 1 aliphatic rings. The van der Waals surface area contributed by atoms with E-state index in [2.05, 4.69) is 5.32 Å². The minimum Gasteiger partial charge on any atom is -0.382 e. The average molecular weight is 212 g/mol. The van der Waals surface area contributed by atoms with E-state index < -0.39 is 0 Å². The summed E-state index contributed by atoms with van der Waals surface area (Å²) in [4.78, 5) is 0. The van der Waals surface area contributed by atoms with Crippen LogP contribution < -0.4 is 5.32 Å². The van der Waals surface area contributed by atoms with Crippen molar-refractivity contribution in [2.45, 2.75) is 18.9 Å². The van der Waals surface area contributed by atoms with Crippen LogP contribution in [0.3, 0.4) is 0 Å². The first-order chi connectivity index (χ1) is 6.84. The zero-order chi connectivity index (χ0) is 9.80. The Morgan fingerprint density at radius 3 is 2.79 bits per heavy atom. The molecule has 1 aromatic rings. The lowest BCUT2D eigenvalue weighted by molar-refractivity contribution is 0.120. The number of nitrogens with one attached hydrogen (secondary N) is 1. The molecule has 0 saturated carbocycles. The number of rotatable bonds is 3. The van der Waals surface area contributed by atoms with Gasteiger partial charge in [-0.05, 0) is 37.1 Å². The fourth-order valence-corrected chi connectivity index (χ4v) is 1.73. The normalized spacial score (nSPS) is 21.1. The van der Waals surface area contributed by atoms with E-state index in [0.717, 1.165) is 23.9 Å². The first kappa shape index (κ1) is 9.81. The minimum atomic E-state index is 0.380. The molecule has 0 aliphatic carbocycles. The highest BCUT2D eigenvalue weighted by Gasteiger charge is 2.14. The molecule has 0 amide bonds. The van der Waals surface area contributed by atoms with Crippen molar-refractivity contribution in [3.63, 3.8) is 0 Å². The van der Waals surface area contributed by atoms with Crippen molar-refractivity contribution in [1.29, 1.82) is 0 Å². The minimum absolute atomic E-state index is 0.380. The van der Waals surface area contributed by atoms with Gasteiger partial charge in [0, 0.05) is 23.9 Å². The molecule has 0 bridgehead atoms. The van der Waals surface area contributed by atoms with Crippen LogP contribution in [0.1, 0.15) is 12.8 Å². The van der Waals surface area contributed by atoms with E-state index in [-0.39, 0.29) is 0 Å². The van der Waals surface area contributed by atoms with E-state index in [1.165, 1.54) is 12.8 Å². The van der Waals surface area contributed by atoms with Gasteiger partial charge in [-0.2, -0.15) is 0 Å². The van der Waals surface area contributed by atoms with Crippen LogP contribution >= 0.6 is 11.6 Å². The lowest BCUT2D eigenvalue weighted by Gasteiger charge is -2.11. The third-order valence-electron chi connectivity index (χ3n) is 2.40. The maximum absolute atomic E-state index is 5.79. The molecule has 1 atom stereocenters. The second kappa shape index (κ2) is 4.67. The molecule has 1 aliphatic heterocycles. The molecule has 2 nitrogen and oxygen atoms in total. The van der Waals surface area contributed by atoms with Gasteiger partial charge in [-0.1, -0.05) is 11.6 Å². The molecule has 76 valence electrons. The van der Waals surface area contributed by atoms with Gasteiger partial charge in [0.1, 0.15) is 0 Å². The average Bonchev–Trinajstić information content (AvgIpc) is 2.70. The van der Waals surface area contributed by atoms with Crippen molar-refractivity contribution in [1.82, 2.24) is 0 Å². The first-order valence-corrected chi connectivity index (χ1v) is 5.33. The van der Waals surface area contributed by atoms with E-state index in [4.69, 9.17) is 16.3 Å². The van der Waals surface area contributed by atoms with Crippen LogP contribution in [0, 0.1) is 0 Å². The second-order valence-electron chi connectivity index (χ2n) is 3.52. The van der Waals surface area contributed by atoms with E-state index in [1.807, 2.05) is 24.3 Å². The van der Waals surface area contributed by atoms with E-state index in [9.17, 15) is 0 Å². The molecule has 2 rings (SSSR count). The monoisotopic (exact) mass is 211 g/mol. The second-order valence-corrected chi connectivity index (χ2v) is 3.96. The standard InChI is InChI=1S/C11H14ClNO/c12-9-3-5-10(6-4-9)13-8-11-2-1-7-14-11/h3-6,11,13H,1-2,7-8H2. The summed E-state index contributed by atoms with van der Waals surface area (Å²) < 4.78 is 5.51. The maximum atomic E-state index is 5.79. The van der Waals surface area contributed by atoms with Crippen molar-refractivity contribution in [2.75, 3.05) is 18.5 Å². The summed E-state index contributed by atoms with van der Waals surface area (Å²) in [6.45, 7) is 1.80. The number of hydrogen-bond acceptors (Lipinski definition) is 2. The zero-order valence-corrected chi connectivity index (χ0v) is 8.76. The molecule has 1 heterocycles. The summed E-state index contributed by atoms with van der Waals surface area (Å²) in [6, 6.07) is 7.74. The van der Waals surface area contributed by atoms with Gasteiger partial charge < -0.3 is 10.1 Å². The number of benzene rings is 1. The van der Waals surface area contributed by atoms with Gasteiger partial charge in [-0.3, -0.25) is 0 Å². The molecule has 0 spiro atoms. The summed E-state index contributed by atoms with van der Waals surface area (Å²) in [5, 5.41) is 4.10. The number of anilines is 1. The largest absolute Gasteiger partial charge is 0.382 e. The highest BCUT2D eigenvalue weighted by atomic mass is 35.5. The first-order valence-electron chi connectivity index (χ1n) is 4.95. The van der Waals surface area contributed by atoms with Gasteiger partial charge in [-0.25, -0.2) is 0 Å². The predicted octanol–water partition coefficient (Wildman–Crippen LogP) is 2.93. The fourth-order valence-electron chi connectivity index (χ4n) is 1.60. The van der Waals surface area contributed by atoms with E-state index in [1.54, 1.807) is 0 Å². The third kappa shape index (κ3) is 2.63. The Hall–Kier alpha value is -0.730. The SMILES string of the molecule is Clc1ccc(NCC2CCCO2)cc1. The van der Waals surface area contributed by atoms with Gasteiger partial charge in [0.05, 0.1) is 6.10 Å². The van der Waals surface area contributed by atoms with Crippen LogP contribution in [0.25, 0.3) is 0 Å². The van der Waals surface area contributed by atoms with Crippen LogP contribution in [0.4, 0.5) is 5.69 Å². The summed E-state index contributed by atoms with van der Waals surface area (Å²) in [5.74, 6) is 0. The highest BCUT2D eigenvalue weighted by Crippen LogP contribution is 2.16. The Balaban J connectivity index is 1.82. The van der Waals surface area contributed by atoms with Gasteiger partial charge in [0.2, 0.25) is 0 Å². The van der Waals surface area contributed by atoms with E-state index >= 15 is 0 Å². The van der Waals surface area contributed by atoms with Gasteiger partial charge in [0.15, 0.2) is 0 Å². The summed E-state index contributed by atoms with van der Waals surface area (Å²) in [5.41, 5.74) is 1.10. The van der Waals surface area contributed by atoms with Gasteiger partial charge in [0.25, 0.3) is 0 Å². The third-order valence-corrected chi connectivity index (χ3v) is 2.65. The summed E-state index contributed by atoms with van der Waals surface area (Å²) in [6.07, 6.45) is 2.73. The van der Waals surface area contributed by atoms with Gasteiger partial charge in [-0.15, -0.1) is 0 Å². The van der Waals surface area contributed by atoms with Crippen LogP contribution in [-0.4, -0.2) is 19.3 Å². The lowest BCUT2D eigenvalue weighted by atomic mass is 10.2. The maximum Gasteiger partial charge on any atom is 0.0748 e. The molecule has 3 heteroatoms. The van der Waals surface area contributed by atoms with Crippen molar-refractivity contribution in [3.8, 4) is 0 Å². The van der Waals surface area contributed by atoms with Crippen molar-refractivity contribution in [3.05, 3.63) is 29.3 Å². The number of ether oxygens (including phenoxy) is 1. The Labute approximate surface area is 89.2 Å². The van der Waals surface area contributed by atoms with Crippen molar-refractivity contribution in [2.24, 2.45) is 0 Å². The summed E-state index contributed by atoms with van der Waals surface area (Å²) >= 11 is 5.79. The smallest absolute Gasteiger partial charge is 0.0748 e. The molecule has 1 unspecified atom stereocenters. The zero-order valence-electron chi connectivity index (χ0n) is 8.00. The molecule has 14 heavy (non-hydrogen) atoms. The van der Waals surface area contributed by atoms with Crippen LogP contribution in [0.2, 0.25) is 5.02 Å². The lowest BCUT2D eigenvalue weighted by Crippen LogP contribution is -2.18. The molecule has 1 fully saturated rings. The molecular weight excluding hydrogens is 198 g/mol. The number of halogens is 1. The summed E-state index contributed by atoms with van der Waals surface area (Å²) in [7, 11) is 0. The molecule has 1 saturated heterocycles. The quantitative estimate of drug-likeness (QED) is 0.830. The van der Waals surface area contributed by atoms with Crippen LogP contribution in [-0.2, 0) is 4.74 Å². The van der Waals surface area contributed by atoms with Gasteiger partial charge >= 0.3 is 0 Å². The Morgan fingerprint density at radius 2 is 2.14 bits per heavy atom. The topological polar surface area (TPSA) is 21.3 Å². The predicted molar refractivity (Wildman–Crippen MR) is 58.9 cm³/mol. The Kier molecular flexibility index (Phi) is 3.27. The molecule has 0 aromatic heterocycles. The van der Waals surface area contributed by atoms with Crippen LogP contribution in [0.15, 0.2) is 24.3 Å². The molecule has 1 aromatic carbocycles.